The molecule has 106 valence electrons. The van der Waals surface area contributed by atoms with Crippen molar-refractivity contribution in [1.82, 2.24) is 19.5 Å². The predicted molar refractivity (Wildman–Crippen MR) is 79.0 cm³/mol. The Balaban J connectivity index is 1.43. The van der Waals surface area contributed by atoms with Gasteiger partial charge in [-0.15, -0.1) is 0 Å². The topological polar surface area (TPSA) is 55.6 Å². The van der Waals surface area contributed by atoms with E-state index < -0.39 is 0 Å². The average molecular weight is 292 g/mol. The molecule has 0 aromatic carbocycles. The van der Waals surface area contributed by atoms with E-state index in [4.69, 9.17) is 11.6 Å². The number of unbranched alkanes of at least 4 members (excludes halogenated alkanes) is 1. The van der Waals surface area contributed by atoms with Crippen molar-refractivity contribution in [3.8, 4) is 0 Å². The molecule has 1 saturated carbocycles. The number of anilines is 1. The van der Waals surface area contributed by atoms with E-state index in [0.29, 0.717) is 11.1 Å². The average Bonchev–Trinajstić information content (AvgIpc) is 3.16. The molecule has 1 aliphatic carbocycles. The van der Waals surface area contributed by atoms with Crippen LogP contribution in [0.4, 0.5) is 5.82 Å². The third kappa shape index (κ3) is 3.70. The molecule has 0 aliphatic heterocycles. The van der Waals surface area contributed by atoms with Crippen molar-refractivity contribution in [2.75, 3.05) is 11.9 Å². The van der Waals surface area contributed by atoms with Crippen molar-refractivity contribution in [3.63, 3.8) is 0 Å². The van der Waals surface area contributed by atoms with Gasteiger partial charge in [-0.05, 0) is 25.7 Å². The molecule has 1 aliphatic rings. The summed E-state index contributed by atoms with van der Waals surface area (Å²) in [6.45, 7) is 1.89. The second-order valence-corrected chi connectivity index (χ2v) is 5.53. The summed E-state index contributed by atoms with van der Waals surface area (Å²) in [5.74, 6) is 2.25. The highest BCUT2D eigenvalue weighted by Crippen LogP contribution is 2.38. The summed E-state index contributed by atoms with van der Waals surface area (Å²) in [5, 5.41) is 3.86. The molecule has 2 aromatic rings. The van der Waals surface area contributed by atoms with Crippen molar-refractivity contribution in [3.05, 3.63) is 35.8 Å². The minimum Gasteiger partial charge on any atom is -0.370 e. The zero-order chi connectivity index (χ0) is 13.8. The van der Waals surface area contributed by atoms with Gasteiger partial charge in [-0.2, -0.15) is 0 Å². The lowest BCUT2D eigenvalue weighted by molar-refractivity contribution is 0.620. The van der Waals surface area contributed by atoms with Gasteiger partial charge in [-0.25, -0.2) is 15.0 Å². The van der Waals surface area contributed by atoms with Crippen molar-refractivity contribution in [2.24, 2.45) is 0 Å². The molecule has 20 heavy (non-hydrogen) atoms. The predicted octanol–water partition coefficient (Wildman–Crippen LogP) is 3.10. The van der Waals surface area contributed by atoms with E-state index >= 15 is 0 Å². The number of halogens is 1. The lowest BCUT2D eigenvalue weighted by Gasteiger charge is -2.08. The quantitative estimate of drug-likeness (QED) is 0.629. The molecular weight excluding hydrogens is 274 g/mol. The van der Waals surface area contributed by atoms with Crippen LogP contribution in [0.3, 0.4) is 0 Å². The Bertz CT molecular complexity index is 551. The summed E-state index contributed by atoms with van der Waals surface area (Å²) in [4.78, 5) is 12.8. The first kappa shape index (κ1) is 13.4. The van der Waals surface area contributed by atoms with Gasteiger partial charge in [-0.1, -0.05) is 11.6 Å². The first-order chi connectivity index (χ1) is 9.81. The number of aromatic nitrogens is 4. The number of aryl methyl sites for hydroxylation is 1. The summed E-state index contributed by atoms with van der Waals surface area (Å²) in [5.41, 5.74) is 0. The number of rotatable bonds is 7. The third-order valence-corrected chi connectivity index (χ3v) is 3.56. The van der Waals surface area contributed by atoms with Gasteiger partial charge in [0, 0.05) is 37.5 Å². The van der Waals surface area contributed by atoms with Gasteiger partial charge in [0.1, 0.15) is 16.8 Å². The first-order valence-corrected chi connectivity index (χ1v) is 7.43. The Kier molecular flexibility index (Phi) is 4.16. The largest absolute Gasteiger partial charge is 0.370 e. The van der Waals surface area contributed by atoms with Crippen LogP contribution in [0, 0.1) is 0 Å². The molecular formula is C14H18ClN5. The van der Waals surface area contributed by atoms with Crippen LogP contribution >= 0.6 is 11.6 Å². The summed E-state index contributed by atoms with van der Waals surface area (Å²) >= 11 is 6.03. The van der Waals surface area contributed by atoms with Crippen LogP contribution in [0.1, 0.15) is 37.4 Å². The summed E-state index contributed by atoms with van der Waals surface area (Å²) in [7, 11) is 0. The van der Waals surface area contributed by atoms with E-state index in [-0.39, 0.29) is 0 Å². The van der Waals surface area contributed by atoms with Gasteiger partial charge in [0.05, 0.1) is 6.33 Å². The van der Waals surface area contributed by atoms with Gasteiger partial charge < -0.3 is 9.88 Å². The van der Waals surface area contributed by atoms with Crippen LogP contribution < -0.4 is 5.32 Å². The zero-order valence-corrected chi connectivity index (χ0v) is 12.1. The molecule has 1 fully saturated rings. The standard InChI is InChI=1S/C14H18ClN5/c15-12-9-13(19-14(18-12)11-3-4-11)17-5-1-2-7-20-8-6-16-10-20/h6,8-11H,1-5,7H2,(H,17,18,19). The van der Waals surface area contributed by atoms with Crippen molar-refractivity contribution in [1.29, 1.82) is 0 Å². The summed E-state index contributed by atoms with van der Waals surface area (Å²) in [6, 6.07) is 1.79. The molecule has 2 heterocycles. The van der Waals surface area contributed by atoms with Crippen LogP contribution in [-0.4, -0.2) is 26.1 Å². The Morgan fingerprint density at radius 2 is 2.20 bits per heavy atom. The SMILES string of the molecule is Clc1cc(NCCCCn2ccnc2)nc(C2CC2)n1. The van der Waals surface area contributed by atoms with E-state index in [1.165, 1.54) is 12.8 Å². The van der Waals surface area contributed by atoms with Gasteiger partial charge in [0.2, 0.25) is 0 Å². The monoisotopic (exact) mass is 291 g/mol. The molecule has 0 spiro atoms. The fraction of sp³-hybridized carbons (Fsp3) is 0.500. The highest BCUT2D eigenvalue weighted by atomic mass is 35.5. The van der Waals surface area contributed by atoms with Crippen molar-refractivity contribution >= 4 is 17.4 Å². The van der Waals surface area contributed by atoms with E-state index in [9.17, 15) is 0 Å². The van der Waals surface area contributed by atoms with Crippen LogP contribution in [0.25, 0.3) is 0 Å². The Labute approximate surface area is 123 Å². The van der Waals surface area contributed by atoms with Crippen LogP contribution in [-0.2, 0) is 6.54 Å². The van der Waals surface area contributed by atoms with Crippen LogP contribution in [0.5, 0.6) is 0 Å². The molecule has 6 heteroatoms. The molecule has 5 nitrogen and oxygen atoms in total. The zero-order valence-electron chi connectivity index (χ0n) is 11.3. The molecule has 3 rings (SSSR count). The smallest absolute Gasteiger partial charge is 0.135 e. The Hall–Kier alpha value is -1.62. The lowest BCUT2D eigenvalue weighted by Crippen LogP contribution is -2.07. The Morgan fingerprint density at radius 1 is 1.30 bits per heavy atom. The van der Waals surface area contributed by atoms with E-state index in [1.54, 1.807) is 12.3 Å². The summed E-state index contributed by atoms with van der Waals surface area (Å²) < 4.78 is 2.09. The molecule has 0 atom stereocenters. The maximum atomic E-state index is 6.03. The Morgan fingerprint density at radius 3 is 2.95 bits per heavy atom. The van der Waals surface area contributed by atoms with E-state index in [0.717, 1.165) is 37.6 Å². The van der Waals surface area contributed by atoms with Crippen LogP contribution in [0.2, 0.25) is 5.15 Å². The number of nitrogens with zero attached hydrogens (tertiary/aromatic N) is 4. The molecule has 0 radical (unpaired) electrons. The highest BCUT2D eigenvalue weighted by molar-refractivity contribution is 6.29. The highest BCUT2D eigenvalue weighted by Gasteiger charge is 2.27. The molecule has 2 aromatic heterocycles. The first-order valence-electron chi connectivity index (χ1n) is 7.05. The molecule has 0 unspecified atom stereocenters. The number of nitrogens with one attached hydrogen (secondary N) is 1. The van der Waals surface area contributed by atoms with Crippen LogP contribution in [0.15, 0.2) is 24.8 Å². The summed E-state index contributed by atoms with van der Waals surface area (Å²) in [6.07, 6.45) is 10.2. The number of hydrogen-bond donors (Lipinski definition) is 1. The van der Waals surface area contributed by atoms with Crippen molar-refractivity contribution in [2.45, 2.75) is 38.1 Å². The van der Waals surface area contributed by atoms with Gasteiger partial charge in [-0.3, -0.25) is 0 Å². The minimum absolute atomic E-state index is 0.524. The molecule has 0 amide bonds. The van der Waals surface area contributed by atoms with Gasteiger partial charge >= 0.3 is 0 Å². The van der Waals surface area contributed by atoms with Gasteiger partial charge in [0.25, 0.3) is 0 Å². The van der Waals surface area contributed by atoms with E-state index in [1.807, 2.05) is 12.5 Å². The second-order valence-electron chi connectivity index (χ2n) is 5.14. The fourth-order valence-electron chi connectivity index (χ4n) is 2.10. The second kappa shape index (κ2) is 6.22. The number of hydrogen-bond acceptors (Lipinski definition) is 4. The molecule has 0 bridgehead atoms. The number of imidazole rings is 1. The fourth-order valence-corrected chi connectivity index (χ4v) is 2.29. The molecule has 0 saturated heterocycles. The molecule has 1 N–H and O–H groups in total. The lowest BCUT2D eigenvalue weighted by atomic mass is 10.3. The maximum absolute atomic E-state index is 6.03. The minimum atomic E-state index is 0.524. The third-order valence-electron chi connectivity index (χ3n) is 3.36. The normalized spacial score (nSPS) is 14.4. The van der Waals surface area contributed by atoms with Gasteiger partial charge in [0.15, 0.2) is 0 Å². The van der Waals surface area contributed by atoms with E-state index in [2.05, 4.69) is 24.8 Å². The van der Waals surface area contributed by atoms with Crippen molar-refractivity contribution < 1.29 is 0 Å². The maximum Gasteiger partial charge on any atom is 0.135 e.